The molecule has 2 rings (SSSR count). The van der Waals surface area contributed by atoms with Gasteiger partial charge in [-0.3, -0.25) is 0 Å². The molecule has 4 heteroatoms. The number of benzene rings is 1. The fourth-order valence-electron chi connectivity index (χ4n) is 1.99. The van der Waals surface area contributed by atoms with E-state index in [9.17, 15) is 0 Å². The number of hydrogen-bond acceptors (Lipinski definition) is 4. The summed E-state index contributed by atoms with van der Waals surface area (Å²) in [6.07, 6.45) is 2.70. The molecular weight excluding hydrogens is 260 g/mol. The van der Waals surface area contributed by atoms with Gasteiger partial charge in [0, 0.05) is 36.0 Å². The lowest BCUT2D eigenvalue weighted by molar-refractivity contribution is 0.525. The van der Waals surface area contributed by atoms with Crippen molar-refractivity contribution in [3.63, 3.8) is 0 Å². The van der Waals surface area contributed by atoms with Crippen molar-refractivity contribution in [2.24, 2.45) is 0 Å². The van der Waals surface area contributed by atoms with Gasteiger partial charge in [0.2, 0.25) is 0 Å². The molecule has 2 nitrogen and oxygen atoms in total. The molecule has 18 heavy (non-hydrogen) atoms. The smallest absolute Gasteiger partial charge is 0.0231 e. The first-order valence-corrected chi connectivity index (χ1v) is 8.32. The molecule has 0 aromatic heterocycles. The van der Waals surface area contributed by atoms with Crippen molar-refractivity contribution >= 4 is 23.9 Å². The molecule has 0 atom stereocenters. The SMILES string of the molecule is CCN(CC)Sc1ccc(SN2CCCC2)cc1. The maximum absolute atomic E-state index is 2.46. The van der Waals surface area contributed by atoms with Crippen molar-refractivity contribution in [1.29, 1.82) is 0 Å². The Kier molecular flexibility index (Phi) is 5.89. The monoisotopic (exact) mass is 282 g/mol. The van der Waals surface area contributed by atoms with Crippen molar-refractivity contribution in [2.75, 3.05) is 26.2 Å². The molecule has 1 fully saturated rings. The van der Waals surface area contributed by atoms with Crippen LogP contribution in [0.25, 0.3) is 0 Å². The quantitative estimate of drug-likeness (QED) is 0.723. The van der Waals surface area contributed by atoms with E-state index in [-0.39, 0.29) is 0 Å². The molecule has 1 aliphatic rings. The van der Waals surface area contributed by atoms with Gasteiger partial charge in [-0.15, -0.1) is 0 Å². The Bertz CT molecular complexity index is 320. The summed E-state index contributed by atoms with van der Waals surface area (Å²) in [7, 11) is 0. The average Bonchev–Trinajstić information content (AvgIpc) is 2.91. The van der Waals surface area contributed by atoms with E-state index in [0.29, 0.717) is 0 Å². The van der Waals surface area contributed by atoms with Gasteiger partial charge >= 0.3 is 0 Å². The summed E-state index contributed by atoms with van der Waals surface area (Å²) < 4.78 is 4.83. The van der Waals surface area contributed by atoms with Gasteiger partial charge < -0.3 is 0 Å². The first-order valence-electron chi connectivity index (χ1n) is 6.77. The third kappa shape index (κ3) is 4.19. The van der Waals surface area contributed by atoms with Crippen LogP contribution in [0.3, 0.4) is 0 Å². The Morgan fingerprint density at radius 3 is 2.11 bits per heavy atom. The predicted octanol–water partition coefficient (Wildman–Crippen LogP) is 4.14. The highest BCUT2D eigenvalue weighted by Crippen LogP contribution is 2.29. The van der Waals surface area contributed by atoms with Crippen LogP contribution in [0.2, 0.25) is 0 Å². The van der Waals surface area contributed by atoms with Crippen LogP contribution in [-0.2, 0) is 0 Å². The maximum atomic E-state index is 2.46. The lowest BCUT2D eigenvalue weighted by atomic mass is 10.4. The van der Waals surface area contributed by atoms with Gasteiger partial charge in [-0.25, -0.2) is 8.61 Å². The van der Waals surface area contributed by atoms with E-state index < -0.39 is 0 Å². The molecule has 0 radical (unpaired) electrons. The van der Waals surface area contributed by atoms with E-state index in [2.05, 4.69) is 46.7 Å². The summed E-state index contributed by atoms with van der Waals surface area (Å²) >= 11 is 3.75. The van der Waals surface area contributed by atoms with Gasteiger partial charge in [-0.1, -0.05) is 13.8 Å². The van der Waals surface area contributed by atoms with Gasteiger partial charge in [0.25, 0.3) is 0 Å². The summed E-state index contributed by atoms with van der Waals surface area (Å²) in [6, 6.07) is 8.96. The van der Waals surface area contributed by atoms with Crippen LogP contribution in [0, 0.1) is 0 Å². The largest absolute Gasteiger partial charge is 0.247 e. The predicted molar refractivity (Wildman–Crippen MR) is 81.9 cm³/mol. The Morgan fingerprint density at radius 1 is 1.00 bits per heavy atom. The lowest BCUT2D eigenvalue weighted by Crippen LogP contribution is -2.13. The van der Waals surface area contributed by atoms with Crippen molar-refractivity contribution in [3.8, 4) is 0 Å². The molecule has 0 aliphatic carbocycles. The van der Waals surface area contributed by atoms with Crippen molar-refractivity contribution in [3.05, 3.63) is 24.3 Å². The minimum Gasteiger partial charge on any atom is -0.247 e. The van der Waals surface area contributed by atoms with Crippen LogP contribution >= 0.6 is 23.9 Å². The summed E-state index contributed by atoms with van der Waals surface area (Å²) in [5.41, 5.74) is 0. The molecule has 1 aromatic carbocycles. The van der Waals surface area contributed by atoms with Gasteiger partial charge in [-0.05, 0) is 61.0 Å². The second-order valence-electron chi connectivity index (χ2n) is 4.40. The fourth-order valence-corrected chi connectivity index (χ4v) is 3.80. The molecule has 100 valence electrons. The second kappa shape index (κ2) is 7.43. The Balaban J connectivity index is 1.88. The standard InChI is InChI=1S/C14H22N2S2/c1-3-15(4-2)17-13-7-9-14(10-8-13)18-16-11-5-6-12-16/h7-10H,3-6,11-12H2,1-2H3. The number of hydrogen-bond donors (Lipinski definition) is 0. The Morgan fingerprint density at radius 2 is 1.56 bits per heavy atom. The fraction of sp³-hybridized carbons (Fsp3) is 0.571. The van der Waals surface area contributed by atoms with Crippen molar-refractivity contribution < 1.29 is 0 Å². The van der Waals surface area contributed by atoms with E-state index in [0.717, 1.165) is 13.1 Å². The summed E-state index contributed by atoms with van der Waals surface area (Å²) in [6.45, 7) is 9.06. The molecular formula is C14H22N2S2. The molecule has 1 heterocycles. The molecule has 0 unspecified atom stereocenters. The zero-order valence-corrected chi connectivity index (χ0v) is 12.9. The molecule has 0 saturated carbocycles. The maximum Gasteiger partial charge on any atom is 0.0231 e. The minimum atomic E-state index is 1.09. The first kappa shape index (κ1) is 14.3. The molecule has 0 N–H and O–H groups in total. The number of nitrogens with zero attached hydrogens (tertiary/aromatic N) is 2. The van der Waals surface area contributed by atoms with E-state index in [1.165, 1.54) is 35.7 Å². The van der Waals surface area contributed by atoms with E-state index in [1.807, 2.05) is 23.9 Å². The average molecular weight is 282 g/mol. The number of rotatable bonds is 6. The van der Waals surface area contributed by atoms with Crippen LogP contribution in [0.5, 0.6) is 0 Å². The molecule has 0 bridgehead atoms. The Hall–Kier alpha value is -0.160. The zero-order valence-electron chi connectivity index (χ0n) is 11.3. The topological polar surface area (TPSA) is 6.48 Å². The molecule has 0 amide bonds. The highest BCUT2D eigenvalue weighted by molar-refractivity contribution is 7.97. The Labute approximate surface area is 119 Å². The van der Waals surface area contributed by atoms with E-state index >= 15 is 0 Å². The van der Waals surface area contributed by atoms with Crippen molar-refractivity contribution in [2.45, 2.75) is 36.5 Å². The van der Waals surface area contributed by atoms with Crippen LogP contribution in [0.15, 0.2) is 34.1 Å². The minimum absolute atomic E-state index is 1.09. The van der Waals surface area contributed by atoms with Crippen LogP contribution in [0.1, 0.15) is 26.7 Å². The third-order valence-electron chi connectivity index (χ3n) is 3.06. The molecule has 1 aliphatic heterocycles. The summed E-state index contributed by atoms with van der Waals surface area (Å²) in [4.78, 5) is 2.70. The second-order valence-corrected chi connectivity index (χ2v) is 6.75. The highest BCUT2D eigenvalue weighted by atomic mass is 32.2. The van der Waals surface area contributed by atoms with Crippen LogP contribution in [0.4, 0.5) is 0 Å². The van der Waals surface area contributed by atoms with Crippen LogP contribution < -0.4 is 0 Å². The normalized spacial score (nSPS) is 16.6. The molecule has 1 aromatic rings. The third-order valence-corrected chi connectivity index (χ3v) is 5.43. The zero-order chi connectivity index (χ0) is 12.8. The van der Waals surface area contributed by atoms with Crippen LogP contribution in [-0.4, -0.2) is 34.8 Å². The van der Waals surface area contributed by atoms with Gasteiger partial charge in [0.15, 0.2) is 0 Å². The van der Waals surface area contributed by atoms with Gasteiger partial charge in [0.05, 0.1) is 0 Å². The first-order chi connectivity index (χ1) is 8.81. The van der Waals surface area contributed by atoms with E-state index in [1.54, 1.807) is 0 Å². The van der Waals surface area contributed by atoms with Gasteiger partial charge in [0.1, 0.15) is 0 Å². The molecule has 1 saturated heterocycles. The van der Waals surface area contributed by atoms with Gasteiger partial charge in [-0.2, -0.15) is 0 Å². The summed E-state index contributed by atoms with van der Waals surface area (Å²) in [5, 5.41) is 0. The summed E-state index contributed by atoms with van der Waals surface area (Å²) in [5.74, 6) is 0. The molecule has 0 spiro atoms. The van der Waals surface area contributed by atoms with E-state index in [4.69, 9.17) is 0 Å². The van der Waals surface area contributed by atoms with Crippen molar-refractivity contribution in [1.82, 2.24) is 8.61 Å². The lowest BCUT2D eigenvalue weighted by Gasteiger charge is -2.17. The highest BCUT2D eigenvalue weighted by Gasteiger charge is 2.12.